The number of carbonyl (C=O) groups excluding carboxylic acids is 1. The summed E-state index contributed by atoms with van der Waals surface area (Å²) >= 11 is 3.37. The zero-order chi connectivity index (χ0) is 12.1. The van der Waals surface area contributed by atoms with Crippen LogP contribution in [-0.4, -0.2) is 22.3 Å². The molecule has 16 heavy (non-hydrogen) atoms. The lowest BCUT2D eigenvalue weighted by Gasteiger charge is -2.14. The van der Waals surface area contributed by atoms with Crippen molar-refractivity contribution in [3.8, 4) is 0 Å². The molecule has 0 aliphatic heterocycles. The fourth-order valence-electron chi connectivity index (χ4n) is 1.50. The molecule has 0 bridgehead atoms. The molecule has 0 spiro atoms. The van der Waals surface area contributed by atoms with Gasteiger partial charge in [-0.2, -0.15) is 0 Å². The van der Waals surface area contributed by atoms with E-state index in [0.717, 1.165) is 18.2 Å². The zero-order valence-corrected chi connectivity index (χ0v) is 11.4. The van der Waals surface area contributed by atoms with E-state index in [1.807, 2.05) is 6.92 Å². The van der Waals surface area contributed by atoms with E-state index in [1.54, 1.807) is 13.8 Å². The Labute approximate surface area is 104 Å². The van der Waals surface area contributed by atoms with Gasteiger partial charge < -0.3 is 9.73 Å². The molecule has 1 aromatic rings. The second kappa shape index (κ2) is 6.03. The molecule has 5 heteroatoms. The fourth-order valence-corrected chi connectivity index (χ4v) is 2.06. The van der Waals surface area contributed by atoms with Gasteiger partial charge in [0.05, 0.1) is 5.69 Å². The summed E-state index contributed by atoms with van der Waals surface area (Å²) in [6, 6.07) is 0.177. The maximum Gasteiger partial charge on any atom is 0.289 e. The number of hydrogen-bond acceptors (Lipinski definition) is 3. The van der Waals surface area contributed by atoms with Crippen LogP contribution in [0.5, 0.6) is 0 Å². The van der Waals surface area contributed by atoms with Crippen LogP contribution in [0.25, 0.3) is 0 Å². The van der Waals surface area contributed by atoms with E-state index in [4.69, 9.17) is 4.42 Å². The summed E-state index contributed by atoms with van der Waals surface area (Å²) in [6.45, 7) is 5.56. The van der Waals surface area contributed by atoms with Crippen molar-refractivity contribution in [3.63, 3.8) is 0 Å². The molecule has 0 saturated heterocycles. The molecule has 0 saturated carbocycles. The summed E-state index contributed by atoms with van der Waals surface area (Å²) in [5.74, 6) is 0.674. The number of carbonyl (C=O) groups is 1. The van der Waals surface area contributed by atoms with Crippen LogP contribution in [0, 0.1) is 13.8 Å². The Kier molecular flexibility index (Phi) is 4.99. The highest BCUT2D eigenvalue weighted by Gasteiger charge is 2.18. The average Bonchev–Trinajstić information content (AvgIpc) is 2.57. The maximum absolute atomic E-state index is 11.9. The van der Waals surface area contributed by atoms with Gasteiger partial charge in [-0.05, 0) is 19.8 Å². The quantitative estimate of drug-likeness (QED) is 0.848. The smallest absolute Gasteiger partial charge is 0.289 e. The standard InChI is InChI=1S/C11H17BrN2O2/c1-4-9(5-6-12)14-11(15)10-7(2)13-8(3)16-10/h9H,4-6H2,1-3H3,(H,14,15). The second-order valence-corrected chi connectivity index (χ2v) is 4.50. The van der Waals surface area contributed by atoms with Gasteiger partial charge in [0.25, 0.3) is 5.91 Å². The van der Waals surface area contributed by atoms with E-state index in [9.17, 15) is 4.79 Å². The molecule has 1 heterocycles. The summed E-state index contributed by atoms with van der Waals surface area (Å²) in [5, 5.41) is 3.81. The van der Waals surface area contributed by atoms with Crippen LogP contribution in [0.4, 0.5) is 0 Å². The van der Waals surface area contributed by atoms with Gasteiger partial charge in [-0.25, -0.2) is 4.98 Å². The molecule has 1 unspecified atom stereocenters. The molecular weight excluding hydrogens is 272 g/mol. The molecule has 1 amide bonds. The number of nitrogens with one attached hydrogen (secondary N) is 1. The van der Waals surface area contributed by atoms with E-state index >= 15 is 0 Å². The molecule has 1 rings (SSSR count). The van der Waals surface area contributed by atoms with Crippen LogP contribution < -0.4 is 5.32 Å². The largest absolute Gasteiger partial charge is 0.436 e. The molecule has 1 N–H and O–H groups in total. The van der Waals surface area contributed by atoms with Crippen molar-refractivity contribution >= 4 is 21.8 Å². The number of amides is 1. The van der Waals surface area contributed by atoms with E-state index in [-0.39, 0.29) is 11.9 Å². The Bertz CT molecular complexity index is 363. The van der Waals surface area contributed by atoms with Crippen LogP contribution in [0.3, 0.4) is 0 Å². The fraction of sp³-hybridized carbons (Fsp3) is 0.636. The van der Waals surface area contributed by atoms with Crippen molar-refractivity contribution in [1.82, 2.24) is 10.3 Å². The SMILES string of the molecule is CCC(CCBr)NC(=O)c1oc(C)nc1C. The average molecular weight is 289 g/mol. The van der Waals surface area contributed by atoms with E-state index in [2.05, 4.69) is 26.2 Å². The number of hydrogen-bond donors (Lipinski definition) is 1. The molecule has 1 atom stereocenters. The predicted octanol–water partition coefficient (Wildman–Crippen LogP) is 2.58. The highest BCUT2D eigenvalue weighted by molar-refractivity contribution is 9.09. The van der Waals surface area contributed by atoms with Gasteiger partial charge >= 0.3 is 0 Å². The molecule has 0 aliphatic rings. The van der Waals surface area contributed by atoms with Crippen LogP contribution in [0.15, 0.2) is 4.42 Å². The van der Waals surface area contributed by atoms with Gasteiger partial charge in [0.1, 0.15) is 0 Å². The van der Waals surface area contributed by atoms with Crippen molar-refractivity contribution in [2.75, 3.05) is 5.33 Å². The Balaban J connectivity index is 2.67. The van der Waals surface area contributed by atoms with Crippen molar-refractivity contribution in [1.29, 1.82) is 0 Å². The van der Waals surface area contributed by atoms with Crippen molar-refractivity contribution in [3.05, 3.63) is 17.3 Å². The number of rotatable bonds is 5. The number of nitrogens with zero attached hydrogens (tertiary/aromatic N) is 1. The molecule has 1 aromatic heterocycles. The molecule has 0 fully saturated rings. The number of alkyl halides is 1. The van der Waals surface area contributed by atoms with E-state index in [0.29, 0.717) is 17.3 Å². The summed E-state index contributed by atoms with van der Waals surface area (Å²) < 4.78 is 5.26. The second-order valence-electron chi connectivity index (χ2n) is 3.70. The van der Waals surface area contributed by atoms with Crippen molar-refractivity contribution < 1.29 is 9.21 Å². The third-order valence-electron chi connectivity index (χ3n) is 2.40. The van der Waals surface area contributed by atoms with Gasteiger partial charge in [0.2, 0.25) is 5.76 Å². The van der Waals surface area contributed by atoms with Gasteiger partial charge in [-0.1, -0.05) is 22.9 Å². The van der Waals surface area contributed by atoms with Gasteiger partial charge in [0.15, 0.2) is 5.89 Å². The minimum absolute atomic E-state index is 0.175. The maximum atomic E-state index is 11.9. The molecule has 90 valence electrons. The summed E-state index contributed by atoms with van der Waals surface area (Å²) in [7, 11) is 0. The first kappa shape index (κ1) is 13.2. The van der Waals surface area contributed by atoms with Gasteiger partial charge in [-0.15, -0.1) is 0 Å². The molecular formula is C11H17BrN2O2. The Hall–Kier alpha value is -0.840. The number of halogens is 1. The first-order valence-electron chi connectivity index (χ1n) is 5.39. The molecule has 4 nitrogen and oxygen atoms in total. The minimum atomic E-state index is -0.175. The first-order valence-corrected chi connectivity index (χ1v) is 6.51. The predicted molar refractivity (Wildman–Crippen MR) is 65.9 cm³/mol. The Morgan fingerprint density at radius 2 is 2.25 bits per heavy atom. The third-order valence-corrected chi connectivity index (χ3v) is 2.85. The van der Waals surface area contributed by atoms with E-state index < -0.39 is 0 Å². The van der Waals surface area contributed by atoms with E-state index in [1.165, 1.54) is 0 Å². The van der Waals surface area contributed by atoms with Gasteiger partial charge in [-0.3, -0.25) is 4.79 Å². The first-order chi connectivity index (χ1) is 7.58. The molecule has 0 aromatic carbocycles. The lowest BCUT2D eigenvalue weighted by molar-refractivity contribution is 0.0905. The highest BCUT2D eigenvalue weighted by atomic mass is 79.9. The monoisotopic (exact) mass is 288 g/mol. The summed E-state index contributed by atoms with van der Waals surface area (Å²) in [6.07, 6.45) is 1.82. The van der Waals surface area contributed by atoms with Crippen LogP contribution in [0.1, 0.15) is 41.9 Å². The van der Waals surface area contributed by atoms with Crippen molar-refractivity contribution in [2.24, 2.45) is 0 Å². The number of aryl methyl sites for hydroxylation is 2. The summed E-state index contributed by atoms with van der Waals surface area (Å²) in [4.78, 5) is 15.9. The lowest BCUT2D eigenvalue weighted by atomic mass is 10.1. The zero-order valence-electron chi connectivity index (χ0n) is 9.84. The minimum Gasteiger partial charge on any atom is -0.436 e. The Morgan fingerprint density at radius 3 is 2.69 bits per heavy atom. The normalized spacial score (nSPS) is 12.5. The van der Waals surface area contributed by atoms with Gasteiger partial charge in [0, 0.05) is 18.3 Å². The third kappa shape index (κ3) is 3.33. The topological polar surface area (TPSA) is 55.1 Å². The Morgan fingerprint density at radius 1 is 1.56 bits per heavy atom. The van der Waals surface area contributed by atoms with Crippen LogP contribution in [0.2, 0.25) is 0 Å². The molecule has 0 aliphatic carbocycles. The summed E-state index contributed by atoms with van der Waals surface area (Å²) in [5.41, 5.74) is 0.642. The van der Waals surface area contributed by atoms with Crippen LogP contribution in [-0.2, 0) is 0 Å². The number of aromatic nitrogens is 1. The molecule has 0 radical (unpaired) electrons. The number of oxazole rings is 1. The van der Waals surface area contributed by atoms with Crippen molar-refractivity contribution in [2.45, 2.75) is 39.7 Å². The van der Waals surface area contributed by atoms with Crippen LogP contribution >= 0.6 is 15.9 Å². The highest BCUT2D eigenvalue weighted by Crippen LogP contribution is 2.10. The lowest BCUT2D eigenvalue weighted by Crippen LogP contribution is -2.34.